The molecule has 8 heterocycles. The Hall–Kier alpha value is -12.8. The lowest BCUT2D eigenvalue weighted by Crippen LogP contribution is -2.54. The summed E-state index contributed by atoms with van der Waals surface area (Å²) >= 11 is 0. The first kappa shape index (κ1) is 98.7. The van der Waals surface area contributed by atoms with E-state index in [-0.39, 0.29) is 106 Å². The fraction of sp³-hybridized carbons (Fsp3) is 0.500. The summed E-state index contributed by atoms with van der Waals surface area (Å²) < 4.78 is 19.1. The second-order valence-electron chi connectivity index (χ2n) is 39.6. The molecule has 0 unspecified atom stereocenters. The third kappa shape index (κ3) is 22.7. The third-order valence-corrected chi connectivity index (χ3v) is 27.3. The quantitative estimate of drug-likeness (QED) is 0.0233. The van der Waals surface area contributed by atoms with Gasteiger partial charge in [0.15, 0.2) is 0 Å². The minimum absolute atomic E-state index is 0.00760. The summed E-state index contributed by atoms with van der Waals surface area (Å²) in [6.07, 6.45) is 10.4. The molecule has 0 bridgehead atoms. The molecule has 134 heavy (non-hydrogen) atoms. The minimum Gasteiger partial charge on any atom is -0.453 e. The van der Waals surface area contributed by atoms with E-state index >= 15 is 0 Å². The molecule has 30 nitrogen and oxygen atoms in total. The van der Waals surface area contributed by atoms with E-state index in [1.54, 1.807) is 9.80 Å². The summed E-state index contributed by atoms with van der Waals surface area (Å²) in [7, 11) is 5.11. The van der Waals surface area contributed by atoms with E-state index in [9.17, 15) is 47.9 Å². The van der Waals surface area contributed by atoms with Crippen LogP contribution in [0, 0.1) is 23.7 Å². The molecule has 10 amide bonds. The number of carbonyl (C=O) groups excluding carboxylic acids is 10. The second-order valence-corrected chi connectivity index (χ2v) is 39.6. The van der Waals surface area contributed by atoms with E-state index < -0.39 is 60.6 Å². The Kier molecular flexibility index (Phi) is 31.7. The van der Waals surface area contributed by atoms with Crippen molar-refractivity contribution in [3.8, 4) is 22.5 Å². The monoisotopic (exact) mass is 1830 g/mol. The number of benzene rings is 6. The van der Waals surface area contributed by atoms with Crippen molar-refractivity contribution in [3.63, 3.8) is 0 Å². The van der Waals surface area contributed by atoms with Gasteiger partial charge in [-0.3, -0.25) is 28.8 Å². The summed E-state index contributed by atoms with van der Waals surface area (Å²) in [6.45, 7) is 30.4. The molecule has 0 radical (unpaired) electrons. The Labute approximate surface area is 787 Å². The van der Waals surface area contributed by atoms with Crippen LogP contribution < -0.4 is 41.7 Å². The maximum absolute atomic E-state index is 13.7. The van der Waals surface area contributed by atoms with Crippen molar-refractivity contribution in [3.05, 3.63) is 203 Å². The average Bonchev–Trinajstić information content (AvgIpc) is 1.60. The predicted molar refractivity (Wildman–Crippen MR) is 516 cm³/mol. The summed E-state index contributed by atoms with van der Waals surface area (Å²) in [5.41, 5.74) is 14.4. The van der Waals surface area contributed by atoms with E-state index in [1.807, 2.05) is 102 Å². The van der Waals surface area contributed by atoms with Gasteiger partial charge in [0.05, 0.1) is 88.5 Å². The number of anilines is 4. The van der Waals surface area contributed by atoms with Crippen molar-refractivity contribution in [1.29, 1.82) is 0 Å². The topological polar surface area (TPSA) is 357 Å². The van der Waals surface area contributed by atoms with Gasteiger partial charge in [-0.15, -0.1) is 0 Å². The van der Waals surface area contributed by atoms with Crippen LogP contribution in [0.25, 0.3) is 22.5 Å². The fourth-order valence-electron chi connectivity index (χ4n) is 19.8. The number of likely N-dealkylation sites (tertiary alicyclic amines) is 4. The van der Waals surface area contributed by atoms with E-state index in [0.29, 0.717) is 63.2 Å². The van der Waals surface area contributed by atoms with Crippen molar-refractivity contribution in [2.45, 2.75) is 257 Å². The molecule has 14 rings (SSSR count). The fourth-order valence-corrected chi connectivity index (χ4v) is 19.8. The Balaban J connectivity index is 0.000000227. The van der Waals surface area contributed by atoms with Crippen LogP contribution in [0.1, 0.15) is 255 Å². The predicted octanol–water partition coefficient (Wildman–Crippen LogP) is 17.6. The Bertz CT molecular complexity index is 5080. The number of carbonyl (C=O) groups is 10. The number of nitrogens with one attached hydrogen (secondary N) is 8. The van der Waals surface area contributed by atoms with Gasteiger partial charge in [0.2, 0.25) is 35.4 Å². The normalized spacial score (nSPS) is 20.5. The van der Waals surface area contributed by atoms with Crippen LogP contribution in [0.15, 0.2) is 158 Å². The highest BCUT2D eigenvalue weighted by molar-refractivity contribution is 6.00. The number of methoxy groups -OCH3 is 4. The molecule has 716 valence electrons. The molecule has 30 heteroatoms. The molecular weight excluding hydrogens is 1700 g/mol. The zero-order valence-electron chi connectivity index (χ0n) is 80.9. The lowest BCUT2D eigenvalue weighted by Gasteiger charge is -2.34. The molecule has 0 saturated carbocycles. The number of hydrogen-bond donors (Lipinski definition) is 8. The summed E-state index contributed by atoms with van der Waals surface area (Å²) in [6, 6.07) is 46.8. The number of alkyl carbamates (subject to hydrolysis) is 4. The van der Waals surface area contributed by atoms with Crippen LogP contribution >= 0.6 is 0 Å². The highest BCUT2D eigenvalue weighted by Gasteiger charge is 2.45. The Morgan fingerprint density at radius 1 is 0.336 bits per heavy atom. The largest absolute Gasteiger partial charge is 0.453 e. The maximum atomic E-state index is 13.7. The van der Waals surface area contributed by atoms with E-state index in [2.05, 4.69) is 215 Å². The number of imidazole rings is 2. The first-order valence-electron chi connectivity index (χ1n) is 47.5. The van der Waals surface area contributed by atoms with Gasteiger partial charge in [0, 0.05) is 48.9 Å². The van der Waals surface area contributed by atoms with E-state index in [0.717, 1.165) is 108 Å². The SMILES string of the molecule is COC(=O)N[C@H](C(=O)N1CCC[C@H]1C(=O)Nc1ccc([C@@H]2CC[C@@H](c3ccc(-c4cnc([C@@H]5CCCN5C(=O)[C@@H](NC(=O)OC)C(C)C)[nH]4)cc3)N2c2ccc(C(C)(C)C)cc2)cc1)C(C)C.COC(=O)N[C@H](C(=O)N1CCC[C@H]1C(=O)Nc1ccc([C@H]2CC[C@H](c3ccc(-c4cnc([C@@H]5CCCN5C(=O)[C@@H](NC(=O)OC)C(C)C)[nH]4)cc3)N2c2ccc(C(C)(C)C)cc2)cc1)C(C)C. The smallest absolute Gasteiger partial charge is 0.407 e. The molecule has 6 saturated heterocycles. The first-order chi connectivity index (χ1) is 64.0. The van der Waals surface area contributed by atoms with Gasteiger partial charge in [0.25, 0.3) is 0 Å². The zero-order chi connectivity index (χ0) is 96.3. The number of aromatic nitrogens is 4. The molecule has 2 aromatic heterocycles. The molecule has 6 fully saturated rings. The first-order valence-corrected chi connectivity index (χ1v) is 47.5. The van der Waals surface area contributed by atoms with E-state index in [4.69, 9.17) is 28.9 Å². The lowest BCUT2D eigenvalue weighted by atomic mass is 9.87. The molecule has 6 aliphatic heterocycles. The van der Waals surface area contributed by atoms with Crippen molar-refractivity contribution >= 4 is 82.6 Å². The van der Waals surface area contributed by atoms with Crippen LogP contribution in [0.5, 0.6) is 0 Å². The van der Waals surface area contributed by atoms with Crippen molar-refractivity contribution in [2.24, 2.45) is 23.7 Å². The molecule has 0 aliphatic carbocycles. The molecule has 6 aromatic carbocycles. The molecular formula is C104H136N16O14. The minimum atomic E-state index is -0.804. The molecule has 8 aromatic rings. The van der Waals surface area contributed by atoms with Crippen molar-refractivity contribution in [2.75, 3.05) is 75.1 Å². The van der Waals surface area contributed by atoms with Crippen molar-refractivity contribution in [1.82, 2.24) is 60.8 Å². The second kappa shape index (κ2) is 43.1. The van der Waals surface area contributed by atoms with Crippen LogP contribution in [0.2, 0.25) is 0 Å². The number of nitrogens with zero attached hydrogens (tertiary/aromatic N) is 8. The highest BCUT2D eigenvalue weighted by atomic mass is 16.6. The zero-order valence-corrected chi connectivity index (χ0v) is 80.9. The average molecular weight is 1830 g/mol. The van der Waals surface area contributed by atoms with Crippen LogP contribution in [-0.4, -0.2) is 190 Å². The molecule has 6 aliphatic rings. The van der Waals surface area contributed by atoms with Gasteiger partial charge in [-0.05, 0) is 205 Å². The molecule has 12 atom stereocenters. The lowest BCUT2D eigenvalue weighted by molar-refractivity contribution is -0.139. The molecule has 8 N–H and O–H groups in total. The van der Waals surface area contributed by atoms with Gasteiger partial charge in [-0.25, -0.2) is 29.1 Å². The van der Waals surface area contributed by atoms with Gasteiger partial charge < -0.3 is 90.2 Å². The number of aromatic amines is 2. The number of H-pyrrole nitrogens is 2. The van der Waals surface area contributed by atoms with Crippen LogP contribution in [-0.2, 0) is 58.5 Å². The number of rotatable bonds is 26. The number of ether oxygens (including phenoxy) is 4. The van der Waals surface area contributed by atoms with Gasteiger partial charge >= 0.3 is 24.4 Å². The highest BCUT2D eigenvalue weighted by Crippen LogP contribution is 2.50. The number of amides is 10. The van der Waals surface area contributed by atoms with Gasteiger partial charge in [-0.2, -0.15) is 0 Å². The molecule has 0 spiro atoms. The van der Waals surface area contributed by atoms with Crippen molar-refractivity contribution < 1.29 is 66.9 Å². The standard InChI is InChI=1S/2C52H68N8O7/c2*1-31(2)44(56-50(64)66-8)48(62)58-28-10-12-42(58)46-53-30-39(55-46)33-14-16-34(17-15-33)40-26-27-41(60(40)38-24-20-36(21-25-38)52(5,6)7)35-18-22-37(23-19-35)54-47(61)43-13-11-29-59(43)49(63)45(32(3)4)57-51(65)67-9/h2*14-25,30-32,40-45H,10-13,26-29H2,1-9H3,(H,53,55)(H,54,61)(H,56,64)(H,57,65)/t40-,41-,42+,43+,44+,45+;40-,41-,42-,43-,44-,45-/m10/s1. The third-order valence-electron chi connectivity index (χ3n) is 27.3. The summed E-state index contributed by atoms with van der Waals surface area (Å²) in [4.78, 5) is 159. The van der Waals surface area contributed by atoms with Gasteiger partial charge in [-0.1, -0.05) is 194 Å². The van der Waals surface area contributed by atoms with Gasteiger partial charge in [0.1, 0.15) is 47.9 Å². The summed E-state index contributed by atoms with van der Waals surface area (Å²) in [5.74, 6) is -0.560. The summed E-state index contributed by atoms with van der Waals surface area (Å²) in [5, 5.41) is 16.8. The van der Waals surface area contributed by atoms with Crippen LogP contribution in [0.4, 0.5) is 41.9 Å². The maximum Gasteiger partial charge on any atom is 0.407 e. The Morgan fingerprint density at radius 3 is 0.866 bits per heavy atom. The Morgan fingerprint density at radius 2 is 0.597 bits per heavy atom. The van der Waals surface area contributed by atoms with E-state index in [1.165, 1.54) is 50.7 Å². The van der Waals surface area contributed by atoms with Crippen LogP contribution in [0.3, 0.4) is 0 Å². The number of hydrogen-bond acceptors (Lipinski definition) is 18.